The molecular weight excluding hydrogens is 358 g/mol. The van der Waals surface area contributed by atoms with E-state index in [1.54, 1.807) is 61.1 Å². The minimum atomic E-state index is -3.50. The van der Waals surface area contributed by atoms with E-state index in [2.05, 4.69) is 10.1 Å². The predicted molar refractivity (Wildman–Crippen MR) is 103 cm³/mol. The van der Waals surface area contributed by atoms with Crippen LogP contribution in [0, 0.1) is 0 Å². The lowest BCUT2D eigenvalue weighted by molar-refractivity contribution is 0.596. The van der Waals surface area contributed by atoms with Crippen LogP contribution in [-0.4, -0.2) is 23.2 Å². The van der Waals surface area contributed by atoms with Crippen LogP contribution < -0.4 is 0 Å². The summed E-state index contributed by atoms with van der Waals surface area (Å²) in [6, 6.07) is 21.2. The van der Waals surface area contributed by atoms with Crippen LogP contribution in [0.2, 0.25) is 0 Å². The predicted octanol–water partition coefficient (Wildman–Crippen LogP) is 3.83. The van der Waals surface area contributed by atoms with E-state index in [9.17, 15) is 8.42 Å². The number of rotatable bonds is 5. The molecule has 0 amide bonds. The lowest BCUT2D eigenvalue weighted by Crippen LogP contribution is -2.05. The van der Waals surface area contributed by atoms with E-state index in [1.165, 1.54) is 0 Å². The van der Waals surface area contributed by atoms with Crippen LogP contribution in [0.4, 0.5) is 0 Å². The fourth-order valence-electron chi connectivity index (χ4n) is 2.90. The van der Waals surface area contributed by atoms with Gasteiger partial charge in [-0.1, -0.05) is 30.3 Å². The van der Waals surface area contributed by atoms with Crippen molar-refractivity contribution in [3.05, 3.63) is 97.0 Å². The van der Waals surface area contributed by atoms with E-state index < -0.39 is 9.84 Å². The van der Waals surface area contributed by atoms with Gasteiger partial charge in [-0.25, -0.2) is 8.42 Å². The molecule has 0 aliphatic carbocycles. The number of pyridine rings is 1. The molecule has 0 saturated carbocycles. The van der Waals surface area contributed by atoms with Crippen molar-refractivity contribution in [2.45, 2.75) is 16.3 Å². The molecule has 0 radical (unpaired) electrons. The molecule has 5 nitrogen and oxygen atoms in total. The van der Waals surface area contributed by atoms with Crippen molar-refractivity contribution in [3.8, 4) is 11.3 Å². The summed E-state index contributed by atoms with van der Waals surface area (Å²) in [6.07, 6.45) is 5.27. The zero-order valence-corrected chi connectivity index (χ0v) is 15.3. The van der Waals surface area contributed by atoms with Gasteiger partial charge in [0.15, 0.2) is 0 Å². The Labute approximate surface area is 157 Å². The number of hydrogen-bond acceptors (Lipinski definition) is 4. The third kappa shape index (κ3) is 3.52. The van der Waals surface area contributed by atoms with Crippen molar-refractivity contribution in [2.24, 2.45) is 0 Å². The molecular formula is C21H17N3O2S. The maximum Gasteiger partial charge on any atom is 0.206 e. The first kappa shape index (κ1) is 17.2. The van der Waals surface area contributed by atoms with Gasteiger partial charge in [0, 0.05) is 24.2 Å². The molecule has 0 bridgehead atoms. The molecule has 6 heteroatoms. The molecule has 0 fully saturated rings. The normalized spacial score (nSPS) is 11.4. The summed E-state index contributed by atoms with van der Waals surface area (Å²) in [5.74, 6) is 0. The molecule has 0 atom stereocenters. The highest BCUT2D eigenvalue weighted by atomic mass is 32.2. The molecule has 4 rings (SSSR count). The Morgan fingerprint density at radius 1 is 0.778 bits per heavy atom. The largest absolute Gasteiger partial charge is 0.264 e. The Morgan fingerprint density at radius 3 is 2.22 bits per heavy atom. The first-order valence-corrected chi connectivity index (χ1v) is 9.94. The Balaban J connectivity index is 1.59. The second-order valence-corrected chi connectivity index (χ2v) is 8.03. The standard InChI is InChI=1S/C21H17N3O2S/c25-27(26,19-6-2-1-3-7-19)20-10-8-17(9-11-20)16-24-21(12-14-23-24)18-5-4-13-22-15-18/h1-15H,16H2. The maximum atomic E-state index is 12.7. The van der Waals surface area contributed by atoms with Crippen molar-refractivity contribution < 1.29 is 8.42 Å². The van der Waals surface area contributed by atoms with E-state index in [0.29, 0.717) is 11.4 Å². The number of aromatic nitrogens is 3. The van der Waals surface area contributed by atoms with Crippen LogP contribution in [0.25, 0.3) is 11.3 Å². The van der Waals surface area contributed by atoms with E-state index in [-0.39, 0.29) is 4.90 Å². The van der Waals surface area contributed by atoms with Crippen LogP contribution in [0.3, 0.4) is 0 Å². The molecule has 2 aromatic heterocycles. The molecule has 0 aliphatic heterocycles. The summed E-state index contributed by atoms with van der Waals surface area (Å²) < 4.78 is 27.2. The first-order chi connectivity index (χ1) is 13.1. The molecule has 0 N–H and O–H groups in total. The number of hydrogen-bond donors (Lipinski definition) is 0. The minimum Gasteiger partial charge on any atom is -0.264 e. The van der Waals surface area contributed by atoms with Crippen molar-refractivity contribution in [2.75, 3.05) is 0 Å². The molecule has 0 saturated heterocycles. The highest BCUT2D eigenvalue weighted by Gasteiger charge is 2.17. The Bertz CT molecular complexity index is 1140. The fraction of sp³-hybridized carbons (Fsp3) is 0.0476. The summed E-state index contributed by atoms with van der Waals surface area (Å²) in [5, 5.41) is 4.38. The summed E-state index contributed by atoms with van der Waals surface area (Å²) in [5.41, 5.74) is 2.92. The quantitative estimate of drug-likeness (QED) is 0.532. The van der Waals surface area contributed by atoms with E-state index >= 15 is 0 Å². The molecule has 2 aromatic carbocycles. The summed E-state index contributed by atoms with van der Waals surface area (Å²) in [7, 11) is -3.50. The third-order valence-electron chi connectivity index (χ3n) is 4.29. The van der Waals surface area contributed by atoms with Crippen LogP contribution >= 0.6 is 0 Å². The Kier molecular flexibility index (Phi) is 4.56. The molecule has 134 valence electrons. The van der Waals surface area contributed by atoms with Crippen molar-refractivity contribution in [1.29, 1.82) is 0 Å². The Hall–Kier alpha value is -3.25. The van der Waals surface area contributed by atoms with Gasteiger partial charge >= 0.3 is 0 Å². The van der Waals surface area contributed by atoms with Gasteiger partial charge in [0.1, 0.15) is 0 Å². The molecule has 0 unspecified atom stereocenters. The average Bonchev–Trinajstić information content (AvgIpc) is 3.18. The highest BCUT2D eigenvalue weighted by molar-refractivity contribution is 7.91. The second-order valence-electron chi connectivity index (χ2n) is 6.08. The van der Waals surface area contributed by atoms with E-state index in [4.69, 9.17) is 0 Å². The van der Waals surface area contributed by atoms with Crippen LogP contribution in [-0.2, 0) is 16.4 Å². The molecule has 4 aromatic rings. The van der Waals surface area contributed by atoms with Crippen molar-refractivity contribution in [1.82, 2.24) is 14.8 Å². The van der Waals surface area contributed by atoms with Gasteiger partial charge in [-0.05, 0) is 48.0 Å². The second kappa shape index (κ2) is 7.17. The SMILES string of the molecule is O=S(=O)(c1ccccc1)c1ccc(Cn2nccc2-c2cccnc2)cc1. The van der Waals surface area contributed by atoms with Crippen LogP contribution in [0.1, 0.15) is 5.56 Å². The van der Waals surface area contributed by atoms with Gasteiger partial charge in [-0.3, -0.25) is 9.67 Å². The molecule has 0 aliphatic rings. The number of sulfone groups is 1. The molecule has 0 spiro atoms. The minimum absolute atomic E-state index is 0.283. The smallest absolute Gasteiger partial charge is 0.206 e. The monoisotopic (exact) mass is 375 g/mol. The first-order valence-electron chi connectivity index (χ1n) is 8.46. The van der Waals surface area contributed by atoms with Crippen molar-refractivity contribution >= 4 is 9.84 Å². The zero-order chi connectivity index (χ0) is 18.7. The van der Waals surface area contributed by atoms with Gasteiger partial charge in [-0.15, -0.1) is 0 Å². The lowest BCUT2D eigenvalue weighted by atomic mass is 10.2. The van der Waals surface area contributed by atoms with Gasteiger partial charge in [0.05, 0.1) is 22.0 Å². The Morgan fingerprint density at radius 2 is 1.52 bits per heavy atom. The topological polar surface area (TPSA) is 64.8 Å². The van der Waals surface area contributed by atoms with Gasteiger partial charge < -0.3 is 0 Å². The summed E-state index contributed by atoms with van der Waals surface area (Å²) in [4.78, 5) is 4.73. The third-order valence-corrected chi connectivity index (χ3v) is 6.08. The van der Waals surface area contributed by atoms with Gasteiger partial charge in [0.25, 0.3) is 0 Å². The van der Waals surface area contributed by atoms with E-state index in [0.717, 1.165) is 16.8 Å². The summed E-state index contributed by atoms with van der Waals surface area (Å²) in [6.45, 7) is 0.545. The van der Waals surface area contributed by atoms with Crippen molar-refractivity contribution in [3.63, 3.8) is 0 Å². The van der Waals surface area contributed by atoms with Gasteiger partial charge in [0.2, 0.25) is 9.84 Å². The number of benzene rings is 2. The fourth-order valence-corrected chi connectivity index (χ4v) is 4.18. The zero-order valence-electron chi connectivity index (χ0n) is 14.4. The molecule has 2 heterocycles. The lowest BCUT2D eigenvalue weighted by Gasteiger charge is -2.09. The van der Waals surface area contributed by atoms with Crippen LogP contribution in [0.5, 0.6) is 0 Å². The summed E-state index contributed by atoms with van der Waals surface area (Å²) >= 11 is 0. The van der Waals surface area contributed by atoms with E-state index in [1.807, 2.05) is 35.0 Å². The highest BCUT2D eigenvalue weighted by Crippen LogP contribution is 2.22. The van der Waals surface area contributed by atoms with Gasteiger partial charge in [-0.2, -0.15) is 5.10 Å². The maximum absolute atomic E-state index is 12.7. The number of nitrogens with zero attached hydrogens (tertiary/aromatic N) is 3. The van der Waals surface area contributed by atoms with Crippen LogP contribution in [0.15, 0.2) is 101 Å². The average molecular weight is 375 g/mol. The molecule has 27 heavy (non-hydrogen) atoms.